The Kier molecular flexibility index (Phi) is 3.90. The molecule has 1 aliphatic carbocycles. The van der Waals surface area contributed by atoms with Gasteiger partial charge in [-0.05, 0) is 25.8 Å². The van der Waals surface area contributed by atoms with E-state index in [1.165, 1.54) is 0 Å². The van der Waals surface area contributed by atoms with Crippen molar-refractivity contribution in [1.82, 2.24) is 4.98 Å². The molecule has 16 heavy (non-hydrogen) atoms. The van der Waals surface area contributed by atoms with Crippen molar-refractivity contribution < 1.29 is 4.74 Å². The number of ether oxygens (including phenoxy) is 1. The Hall–Kier alpha value is -0.510. The zero-order valence-electron chi connectivity index (χ0n) is 9.04. The fourth-order valence-electron chi connectivity index (χ4n) is 1.77. The third-order valence-electron chi connectivity index (χ3n) is 2.65. The number of nitrogens with one attached hydrogen (secondary N) is 1. The summed E-state index contributed by atoms with van der Waals surface area (Å²) in [5.41, 5.74) is 0. The van der Waals surface area contributed by atoms with Crippen LogP contribution in [0.2, 0.25) is 10.0 Å². The van der Waals surface area contributed by atoms with E-state index in [1.54, 1.807) is 12.3 Å². The minimum Gasteiger partial charge on any atom is -0.378 e. The Morgan fingerprint density at radius 2 is 2.25 bits per heavy atom. The molecule has 0 amide bonds. The third kappa shape index (κ3) is 2.78. The molecule has 0 atom stereocenters. The molecule has 1 saturated carbocycles. The number of pyridine rings is 1. The molecular weight excluding hydrogens is 247 g/mol. The highest BCUT2D eigenvalue weighted by Crippen LogP contribution is 2.29. The highest BCUT2D eigenvalue weighted by molar-refractivity contribution is 6.35. The third-order valence-corrected chi connectivity index (χ3v) is 3.14. The van der Waals surface area contributed by atoms with Crippen molar-refractivity contribution in [2.45, 2.75) is 31.9 Å². The van der Waals surface area contributed by atoms with Crippen molar-refractivity contribution in [2.24, 2.45) is 0 Å². The van der Waals surface area contributed by atoms with Crippen molar-refractivity contribution in [2.75, 3.05) is 11.9 Å². The van der Waals surface area contributed by atoms with Crippen LogP contribution in [0.15, 0.2) is 12.3 Å². The van der Waals surface area contributed by atoms with Gasteiger partial charge in [0.1, 0.15) is 5.82 Å². The van der Waals surface area contributed by atoms with Gasteiger partial charge in [-0.3, -0.25) is 0 Å². The zero-order valence-corrected chi connectivity index (χ0v) is 10.6. The van der Waals surface area contributed by atoms with Crippen LogP contribution in [0.5, 0.6) is 0 Å². The highest BCUT2D eigenvalue weighted by Gasteiger charge is 2.29. The molecule has 5 heteroatoms. The molecule has 1 aromatic rings. The summed E-state index contributed by atoms with van der Waals surface area (Å²) < 4.78 is 5.48. The Morgan fingerprint density at radius 3 is 2.88 bits per heavy atom. The van der Waals surface area contributed by atoms with Gasteiger partial charge < -0.3 is 10.1 Å². The van der Waals surface area contributed by atoms with Gasteiger partial charge in [0.15, 0.2) is 0 Å². The van der Waals surface area contributed by atoms with E-state index in [9.17, 15) is 0 Å². The van der Waals surface area contributed by atoms with Gasteiger partial charge in [-0.1, -0.05) is 23.2 Å². The van der Waals surface area contributed by atoms with Gasteiger partial charge in [0.2, 0.25) is 0 Å². The van der Waals surface area contributed by atoms with Crippen molar-refractivity contribution in [3.63, 3.8) is 0 Å². The molecule has 0 aliphatic heterocycles. The Morgan fingerprint density at radius 1 is 1.50 bits per heavy atom. The first-order chi connectivity index (χ1) is 7.69. The summed E-state index contributed by atoms with van der Waals surface area (Å²) in [4.78, 5) is 4.15. The normalized spacial score (nSPS) is 23.9. The predicted molar refractivity (Wildman–Crippen MR) is 66.3 cm³/mol. The summed E-state index contributed by atoms with van der Waals surface area (Å²) in [6, 6.07) is 2.10. The largest absolute Gasteiger partial charge is 0.378 e. The number of halogens is 2. The van der Waals surface area contributed by atoms with Crippen LogP contribution in [0.4, 0.5) is 5.82 Å². The molecule has 88 valence electrons. The molecular formula is C11H14Cl2N2O. The van der Waals surface area contributed by atoms with Crippen LogP contribution in [0.3, 0.4) is 0 Å². The molecule has 2 rings (SSSR count). The van der Waals surface area contributed by atoms with Crippen LogP contribution in [0.25, 0.3) is 0 Å². The van der Waals surface area contributed by atoms with E-state index in [-0.39, 0.29) is 0 Å². The van der Waals surface area contributed by atoms with E-state index in [0.717, 1.165) is 19.4 Å². The first-order valence-corrected chi connectivity index (χ1v) is 6.13. The van der Waals surface area contributed by atoms with Crippen LogP contribution in [-0.4, -0.2) is 23.7 Å². The monoisotopic (exact) mass is 260 g/mol. The lowest BCUT2D eigenvalue weighted by molar-refractivity contribution is 0.00293. The lowest BCUT2D eigenvalue weighted by Gasteiger charge is -2.35. The van der Waals surface area contributed by atoms with Gasteiger partial charge >= 0.3 is 0 Å². The van der Waals surface area contributed by atoms with Crippen molar-refractivity contribution in [1.29, 1.82) is 0 Å². The molecule has 3 nitrogen and oxygen atoms in total. The van der Waals surface area contributed by atoms with E-state index >= 15 is 0 Å². The van der Waals surface area contributed by atoms with Crippen LogP contribution in [-0.2, 0) is 4.74 Å². The molecule has 0 bridgehead atoms. The second-order valence-electron chi connectivity index (χ2n) is 3.87. The summed E-state index contributed by atoms with van der Waals surface area (Å²) in [7, 11) is 0. The molecule has 1 fully saturated rings. The van der Waals surface area contributed by atoms with Crippen molar-refractivity contribution >= 4 is 29.0 Å². The maximum Gasteiger partial charge on any atom is 0.145 e. The average Bonchev–Trinajstić information content (AvgIpc) is 2.18. The number of hydrogen-bond acceptors (Lipinski definition) is 3. The molecule has 0 spiro atoms. The van der Waals surface area contributed by atoms with Gasteiger partial charge in [-0.25, -0.2) is 4.98 Å². The number of hydrogen-bond donors (Lipinski definition) is 1. The van der Waals surface area contributed by atoms with Gasteiger partial charge in [0.25, 0.3) is 0 Å². The van der Waals surface area contributed by atoms with Gasteiger partial charge in [0.05, 0.1) is 16.1 Å². The molecule has 0 aromatic carbocycles. The van der Waals surface area contributed by atoms with Crippen LogP contribution in [0.1, 0.15) is 19.8 Å². The first kappa shape index (κ1) is 12.0. The van der Waals surface area contributed by atoms with Crippen molar-refractivity contribution in [3.8, 4) is 0 Å². The molecule has 1 heterocycles. The molecule has 0 radical (unpaired) electrons. The van der Waals surface area contributed by atoms with Gasteiger partial charge in [-0.15, -0.1) is 0 Å². The van der Waals surface area contributed by atoms with Gasteiger partial charge in [-0.2, -0.15) is 0 Å². The van der Waals surface area contributed by atoms with E-state index in [4.69, 9.17) is 27.9 Å². The molecule has 1 N–H and O–H groups in total. The van der Waals surface area contributed by atoms with Gasteiger partial charge in [0, 0.05) is 18.8 Å². The number of rotatable bonds is 4. The number of nitrogens with zero attached hydrogens (tertiary/aromatic N) is 1. The minimum absolute atomic E-state index is 0.383. The average molecular weight is 261 g/mol. The summed E-state index contributed by atoms with van der Waals surface area (Å²) in [6.07, 6.45) is 3.99. The SMILES string of the molecule is CCOC1CC(Nc2ncc(Cl)cc2Cl)C1. The maximum absolute atomic E-state index is 6.01. The van der Waals surface area contributed by atoms with Crippen molar-refractivity contribution in [3.05, 3.63) is 22.3 Å². The second-order valence-corrected chi connectivity index (χ2v) is 4.72. The zero-order chi connectivity index (χ0) is 11.5. The topological polar surface area (TPSA) is 34.1 Å². The smallest absolute Gasteiger partial charge is 0.145 e. The number of aromatic nitrogens is 1. The molecule has 1 aromatic heterocycles. The lowest BCUT2D eigenvalue weighted by atomic mass is 9.89. The Labute approximate surface area is 105 Å². The van der Waals surface area contributed by atoms with E-state index in [0.29, 0.717) is 28.0 Å². The Balaban J connectivity index is 1.87. The van der Waals surface area contributed by atoms with E-state index in [1.807, 2.05) is 6.92 Å². The lowest BCUT2D eigenvalue weighted by Crippen LogP contribution is -2.41. The molecule has 0 unspecified atom stereocenters. The molecule has 1 aliphatic rings. The second kappa shape index (κ2) is 5.21. The summed E-state index contributed by atoms with van der Waals surface area (Å²) in [5, 5.41) is 4.40. The highest BCUT2D eigenvalue weighted by atomic mass is 35.5. The quantitative estimate of drug-likeness (QED) is 0.902. The fraction of sp³-hybridized carbons (Fsp3) is 0.545. The fourth-order valence-corrected chi connectivity index (χ4v) is 2.20. The predicted octanol–water partition coefficient (Wildman–Crippen LogP) is 3.37. The van der Waals surface area contributed by atoms with Crippen LogP contribution < -0.4 is 5.32 Å². The minimum atomic E-state index is 0.383. The first-order valence-electron chi connectivity index (χ1n) is 5.38. The summed E-state index contributed by atoms with van der Waals surface area (Å²) >= 11 is 11.8. The number of anilines is 1. The standard InChI is InChI=1S/C11H14Cl2N2O/c1-2-16-9-4-8(5-9)15-11-10(13)3-7(12)6-14-11/h3,6,8-9H,2,4-5H2,1H3,(H,14,15). The van der Waals surface area contributed by atoms with E-state index in [2.05, 4.69) is 10.3 Å². The van der Waals surface area contributed by atoms with Crippen LogP contribution >= 0.6 is 23.2 Å². The molecule has 0 saturated heterocycles. The van der Waals surface area contributed by atoms with Crippen LogP contribution in [0, 0.1) is 0 Å². The summed E-state index contributed by atoms with van der Waals surface area (Å²) in [5.74, 6) is 0.700. The Bertz CT molecular complexity index is 367. The van der Waals surface area contributed by atoms with E-state index < -0.39 is 0 Å². The maximum atomic E-state index is 6.01. The summed E-state index contributed by atoms with van der Waals surface area (Å²) in [6.45, 7) is 2.79.